The van der Waals surface area contributed by atoms with Crippen LogP contribution in [0.15, 0.2) is 41.1 Å². The molecule has 0 amide bonds. The summed E-state index contributed by atoms with van der Waals surface area (Å²) in [4.78, 5) is 8.50. The van der Waals surface area contributed by atoms with Crippen LogP contribution in [0.2, 0.25) is 5.15 Å². The third kappa shape index (κ3) is 1.79. The molecule has 0 spiro atoms. The second-order valence-electron chi connectivity index (χ2n) is 3.66. The molecule has 0 aliphatic rings. The van der Waals surface area contributed by atoms with Crippen molar-refractivity contribution >= 4 is 33.3 Å². The highest BCUT2D eigenvalue weighted by Crippen LogP contribution is 2.30. The number of nitrogens with zero attached hydrogens (tertiary/aromatic N) is 3. The van der Waals surface area contributed by atoms with Crippen LogP contribution >= 0.6 is 27.5 Å². The molecule has 0 N–H and O–H groups in total. The minimum absolute atomic E-state index is 0.283. The largest absolute Gasteiger partial charge is 0.260 e. The van der Waals surface area contributed by atoms with Crippen LogP contribution in [0.4, 0.5) is 4.39 Å². The molecule has 18 heavy (non-hydrogen) atoms. The number of fused-ring (bicyclic) bond motifs is 1. The molecular weight excluding hydrogens is 321 g/mol. The molecule has 0 saturated heterocycles. The first-order valence-corrected chi connectivity index (χ1v) is 6.28. The minimum atomic E-state index is -0.283. The quantitative estimate of drug-likeness (QED) is 0.634. The zero-order chi connectivity index (χ0) is 12.7. The van der Waals surface area contributed by atoms with Crippen molar-refractivity contribution in [2.45, 2.75) is 0 Å². The molecule has 0 aliphatic carbocycles. The zero-order valence-electron chi connectivity index (χ0n) is 8.94. The lowest BCUT2D eigenvalue weighted by molar-refractivity contribution is 0.628. The van der Waals surface area contributed by atoms with Crippen molar-refractivity contribution in [2.24, 2.45) is 0 Å². The highest BCUT2D eigenvalue weighted by molar-refractivity contribution is 9.10. The summed E-state index contributed by atoms with van der Waals surface area (Å²) in [6.45, 7) is 0. The summed E-state index contributed by atoms with van der Waals surface area (Å²) in [6.07, 6.45) is 1.59. The van der Waals surface area contributed by atoms with E-state index in [1.165, 1.54) is 12.1 Å². The van der Waals surface area contributed by atoms with Crippen molar-refractivity contribution in [3.63, 3.8) is 0 Å². The Morgan fingerprint density at radius 1 is 1.17 bits per heavy atom. The fraction of sp³-hybridized carbons (Fsp3) is 0. The fourth-order valence-corrected chi connectivity index (χ4v) is 2.68. The van der Waals surface area contributed by atoms with E-state index in [0.29, 0.717) is 21.2 Å². The maximum absolute atomic E-state index is 12.9. The summed E-state index contributed by atoms with van der Waals surface area (Å²) >= 11 is 9.52. The number of aromatic nitrogens is 3. The van der Waals surface area contributed by atoms with Crippen LogP contribution in [0.25, 0.3) is 17.0 Å². The predicted molar refractivity (Wildman–Crippen MR) is 71.1 cm³/mol. The second kappa shape index (κ2) is 4.33. The first-order valence-electron chi connectivity index (χ1n) is 5.11. The first kappa shape index (κ1) is 11.6. The SMILES string of the molecule is Fc1ccc(-c2nc3nccc(Cl)n3c2Br)cc1. The van der Waals surface area contributed by atoms with Gasteiger partial charge in [-0.1, -0.05) is 11.6 Å². The van der Waals surface area contributed by atoms with Crippen molar-refractivity contribution in [3.8, 4) is 11.3 Å². The average Bonchev–Trinajstić information content (AvgIpc) is 2.69. The van der Waals surface area contributed by atoms with Gasteiger partial charge in [0.1, 0.15) is 21.3 Å². The Hall–Kier alpha value is -1.46. The summed E-state index contributed by atoms with van der Waals surface area (Å²) in [5.41, 5.74) is 1.47. The smallest absolute Gasteiger partial charge is 0.236 e. The first-order chi connectivity index (χ1) is 8.66. The van der Waals surface area contributed by atoms with Crippen LogP contribution in [0.3, 0.4) is 0 Å². The Bertz CT molecular complexity index is 724. The molecule has 3 rings (SSSR count). The van der Waals surface area contributed by atoms with E-state index in [4.69, 9.17) is 11.6 Å². The van der Waals surface area contributed by atoms with Crippen molar-refractivity contribution in [2.75, 3.05) is 0 Å². The van der Waals surface area contributed by atoms with E-state index < -0.39 is 0 Å². The Labute approximate surface area is 115 Å². The average molecular weight is 327 g/mol. The van der Waals surface area contributed by atoms with Crippen molar-refractivity contribution in [1.29, 1.82) is 0 Å². The van der Waals surface area contributed by atoms with Gasteiger partial charge in [-0.2, -0.15) is 0 Å². The lowest BCUT2D eigenvalue weighted by atomic mass is 10.2. The number of imidazole rings is 1. The molecule has 0 atom stereocenters. The molecule has 3 aromatic rings. The number of halogens is 3. The minimum Gasteiger partial charge on any atom is -0.260 e. The second-order valence-corrected chi connectivity index (χ2v) is 4.80. The van der Waals surface area contributed by atoms with Gasteiger partial charge in [-0.25, -0.2) is 14.4 Å². The van der Waals surface area contributed by atoms with Crippen LogP contribution in [-0.4, -0.2) is 14.4 Å². The molecule has 90 valence electrons. The van der Waals surface area contributed by atoms with E-state index in [2.05, 4.69) is 25.9 Å². The van der Waals surface area contributed by atoms with Crippen molar-refractivity contribution < 1.29 is 4.39 Å². The van der Waals surface area contributed by atoms with E-state index >= 15 is 0 Å². The van der Waals surface area contributed by atoms with Gasteiger partial charge in [-0.15, -0.1) is 0 Å². The van der Waals surface area contributed by atoms with Gasteiger partial charge < -0.3 is 0 Å². The van der Waals surface area contributed by atoms with E-state index in [-0.39, 0.29) is 5.82 Å². The van der Waals surface area contributed by atoms with Crippen LogP contribution in [0, 0.1) is 5.82 Å². The summed E-state index contributed by atoms with van der Waals surface area (Å²) in [7, 11) is 0. The Balaban J connectivity index is 2.27. The van der Waals surface area contributed by atoms with Gasteiger partial charge in [-0.3, -0.25) is 4.40 Å². The van der Waals surface area contributed by atoms with Gasteiger partial charge in [0, 0.05) is 11.8 Å². The number of benzene rings is 1. The molecular formula is C12H6BrClFN3. The van der Waals surface area contributed by atoms with Crippen LogP contribution < -0.4 is 0 Å². The number of hydrogen-bond donors (Lipinski definition) is 0. The van der Waals surface area contributed by atoms with Gasteiger partial charge in [0.2, 0.25) is 5.78 Å². The van der Waals surface area contributed by atoms with E-state index in [0.717, 1.165) is 5.56 Å². The van der Waals surface area contributed by atoms with E-state index in [1.807, 2.05) is 0 Å². The summed E-state index contributed by atoms with van der Waals surface area (Å²) in [5.74, 6) is 0.212. The molecule has 0 aliphatic heterocycles. The highest BCUT2D eigenvalue weighted by Gasteiger charge is 2.14. The monoisotopic (exact) mass is 325 g/mol. The van der Waals surface area contributed by atoms with Crippen LogP contribution in [0.5, 0.6) is 0 Å². The maximum atomic E-state index is 12.9. The molecule has 0 unspecified atom stereocenters. The topological polar surface area (TPSA) is 30.2 Å². The third-order valence-corrected chi connectivity index (χ3v) is 3.56. The van der Waals surface area contributed by atoms with Gasteiger partial charge in [0.05, 0.1) is 0 Å². The van der Waals surface area contributed by atoms with Gasteiger partial charge in [-0.05, 0) is 46.3 Å². The van der Waals surface area contributed by atoms with Gasteiger partial charge >= 0.3 is 0 Å². The predicted octanol–water partition coefficient (Wildman–Crippen LogP) is 3.95. The summed E-state index contributed by atoms with van der Waals surface area (Å²) < 4.78 is 15.3. The standard InChI is InChI=1S/C12H6BrClFN3/c13-11-10(7-1-3-8(15)4-2-7)17-12-16-6-5-9(14)18(11)12/h1-6H. The summed E-state index contributed by atoms with van der Waals surface area (Å²) in [5, 5.41) is 0.507. The lowest BCUT2D eigenvalue weighted by Crippen LogP contribution is -1.88. The maximum Gasteiger partial charge on any atom is 0.236 e. The molecule has 2 aromatic heterocycles. The number of hydrogen-bond acceptors (Lipinski definition) is 2. The van der Waals surface area contributed by atoms with Crippen LogP contribution in [-0.2, 0) is 0 Å². The van der Waals surface area contributed by atoms with Gasteiger partial charge in [0.25, 0.3) is 0 Å². The molecule has 6 heteroatoms. The molecule has 3 nitrogen and oxygen atoms in total. The fourth-order valence-electron chi connectivity index (χ4n) is 1.70. The Kier molecular flexibility index (Phi) is 2.80. The third-order valence-electron chi connectivity index (χ3n) is 2.54. The van der Waals surface area contributed by atoms with Gasteiger partial charge in [0.15, 0.2) is 0 Å². The Morgan fingerprint density at radius 3 is 2.56 bits per heavy atom. The normalized spacial score (nSPS) is 11.1. The molecule has 0 saturated carbocycles. The molecule has 2 heterocycles. The zero-order valence-corrected chi connectivity index (χ0v) is 11.3. The molecule has 0 fully saturated rings. The van der Waals surface area contributed by atoms with Crippen molar-refractivity contribution in [1.82, 2.24) is 14.4 Å². The lowest BCUT2D eigenvalue weighted by Gasteiger charge is -1.99. The summed E-state index contributed by atoms with van der Waals surface area (Å²) in [6, 6.07) is 7.78. The van der Waals surface area contributed by atoms with E-state index in [1.54, 1.807) is 28.8 Å². The molecule has 0 bridgehead atoms. The van der Waals surface area contributed by atoms with Crippen molar-refractivity contribution in [3.05, 3.63) is 52.1 Å². The number of rotatable bonds is 1. The highest BCUT2D eigenvalue weighted by atomic mass is 79.9. The molecule has 0 radical (unpaired) electrons. The molecule has 1 aromatic carbocycles. The van der Waals surface area contributed by atoms with Crippen LogP contribution in [0.1, 0.15) is 0 Å². The van der Waals surface area contributed by atoms with E-state index in [9.17, 15) is 4.39 Å². The Morgan fingerprint density at radius 2 is 1.89 bits per heavy atom.